The fourth-order valence-corrected chi connectivity index (χ4v) is 2.06. The number of thiazole rings is 1. The Labute approximate surface area is 104 Å². The Kier molecular flexibility index (Phi) is 3.87. The lowest BCUT2D eigenvalue weighted by Gasteiger charge is -2.05. The second-order valence-electron chi connectivity index (χ2n) is 3.57. The van der Waals surface area contributed by atoms with Crippen LogP contribution in [0.25, 0.3) is 0 Å². The lowest BCUT2D eigenvalue weighted by Crippen LogP contribution is -2.07. The van der Waals surface area contributed by atoms with Crippen LogP contribution in [-0.4, -0.2) is 28.5 Å². The van der Waals surface area contributed by atoms with Crippen molar-refractivity contribution in [1.29, 1.82) is 0 Å². The molecule has 0 radical (unpaired) electrons. The van der Waals surface area contributed by atoms with Gasteiger partial charge in [-0.3, -0.25) is 4.98 Å². The van der Waals surface area contributed by atoms with Crippen LogP contribution in [0.5, 0.6) is 0 Å². The summed E-state index contributed by atoms with van der Waals surface area (Å²) in [5, 5.41) is 9.38. The van der Waals surface area contributed by atoms with E-state index in [1.165, 1.54) is 0 Å². The highest BCUT2D eigenvalue weighted by molar-refractivity contribution is 7.09. The third-order valence-electron chi connectivity index (χ3n) is 2.24. The first kappa shape index (κ1) is 11.8. The van der Waals surface area contributed by atoms with Crippen molar-refractivity contribution in [2.45, 2.75) is 13.3 Å². The maximum Gasteiger partial charge on any atom is 0.146 e. The first-order chi connectivity index (χ1) is 8.28. The zero-order valence-electron chi connectivity index (χ0n) is 9.90. The number of aryl methyl sites for hydroxylation is 1. The lowest BCUT2D eigenvalue weighted by molar-refractivity contribution is 0.957. The number of anilines is 2. The molecule has 0 fully saturated rings. The summed E-state index contributed by atoms with van der Waals surface area (Å²) in [5.41, 5.74) is 1.12. The number of nitrogens with zero attached hydrogens (tertiary/aromatic N) is 3. The van der Waals surface area contributed by atoms with Crippen molar-refractivity contribution < 1.29 is 0 Å². The molecule has 17 heavy (non-hydrogen) atoms. The fourth-order valence-electron chi connectivity index (χ4n) is 1.41. The molecule has 0 aliphatic carbocycles. The van der Waals surface area contributed by atoms with Crippen LogP contribution in [0.3, 0.4) is 0 Å². The number of hydrogen-bond acceptors (Lipinski definition) is 6. The molecule has 0 aromatic carbocycles. The minimum absolute atomic E-state index is 0.763. The van der Waals surface area contributed by atoms with Gasteiger partial charge in [0.2, 0.25) is 0 Å². The molecule has 0 spiro atoms. The van der Waals surface area contributed by atoms with Gasteiger partial charge in [0.1, 0.15) is 11.6 Å². The van der Waals surface area contributed by atoms with Crippen molar-refractivity contribution >= 4 is 23.0 Å². The molecule has 0 saturated heterocycles. The standard InChI is InChI=1S/C11H15N5S/c1-8-15-9(7-17-8)3-4-14-11-6-13-5-10(12-2)16-11/h5-7H,3-4H2,1-2H3,(H2,12,14,16). The van der Waals surface area contributed by atoms with E-state index in [4.69, 9.17) is 0 Å². The van der Waals surface area contributed by atoms with E-state index < -0.39 is 0 Å². The highest BCUT2D eigenvalue weighted by atomic mass is 32.1. The summed E-state index contributed by atoms with van der Waals surface area (Å²) in [6, 6.07) is 0. The molecule has 0 saturated carbocycles. The summed E-state index contributed by atoms with van der Waals surface area (Å²) in [4.78, 5) is 12.8. The third kappa shape index (κ3) is 3.39. The van der Waals surface area contributed by atoms with Crippen LogP contribution in [0.1, 0.15) is 10.7 Å². The molecule has 5 nitrogen and oxygen atoms in total. The van der Waals surface area contributed by atoms with Gasteiger partial charge in [-0.1, -0.05) is 0 Å². The van der Waals surface area contributed by atoms with Gasteiger partial charge >= 0.3 is 0 Å². The topological polar surface area (TPSA) is 62.7 Å². The molecule has 0 atom stereocenters. The van der Waals surface area contributed by atoms with E-state index >= 15 is 0 Å². The van der Waals surface area contributed by atoms with Crippen molar-refractivity contribution in [1.82, 2.24) is 15.0 Å². The molecular formula is C11H15N5S. The molecule has 2 heterocycles. The summed E-state index contributed by atoms with van der Waals surface area (Å²) >= 11 is 1.68. The molecule has 2 aromatic rings. The number of aromatic nitrogens is 3. The van der Waals surface area contributed by atoms with Crippen LogP contribution < -0.4 is 10.6 Å². The highest BCUT2D eigenvalue weighted by Crippen LogP contribution is 2.09. The van der Waals surface area contributed by atoms with Gasteiger partial charge in [-0.15, -0.1) is 11.3 Å². The van der Waals surface area contributed by atoms with Crippen molar-refractivity contribution in [2.75, 3.05) is 24.2 Å². The van der Waals surface area contributed by atoms with Crippen molar-refractivity contribution in [3.63, 3.8) is 0 Å². The van der Waals surface area contributed by atoms with Gasteiger partial charge in [0.15, 0.2) is 0 Å². The molecule has 0 aliphatic heterocycles. The zero-order chi connectivity index (χ0) is 12.1. The van der Waals surface area contributed by atoms with E-state index in [-0.39, 0.29) is 0 Å². The summed E-state index contributed by atoms with van der Waals surface area (Å²) in [6.07, 6.45) is 4.30. The fraction of sp³-hybridized carbons (Fsp3) is 0.364. The minimum atomic E-state index is 0.763. The van der Waals surface area contributed by atoms with Crippen LogP contribution >= 0.6 is 11.3 Å². The number of rotatable bonds is 5. The smallest absolute Gasteiger partial charge is 0.146 e. The normalized spacial score (nSPS) is 10.2. The van der Waals surface area contributed by atoms with E-state index in [0.717, 1.165) is 35.3 Å². The Balaban J connectivity index is 1.85. The number of nitrogens with one attached hydrogen (secondary N) is 2. The summed E-state index contributed by atoms with van der Waals surface area (Å²) in [6.45, 7) is 2.83. The van der Waals surface area contributed by atoms with Crippen LogP contribution in [0, 0.1) is 6.92 Å². The van der Waals surface area contributed by atoms with Gasteiger partial charge in [-0.2, -0.15) is 0 Å². The van der Waals surface area contributed by atoms with Crippen molar-refractivity contribution in [3.8, 4) is 0 Å². The van der Waals surface area contributed by atoms with E-state index in [0.29, 0.717) is 0 Å². The minimum Gasteiger partial charge on any atom is -0.372 e. The zero-order valence-corrected chi connectivity index (χ0v) is 10.7. The largest absolute Gasteiger partial charge is 0.372 e. The van der Waals surface area contributed by atoms with Crippen LogP contribution in [0.4, 0.5) is 11.6 Å². The van der Waals surface area contributed by atoms with Crippen molar-refractivity contribution in [3.05, 3.63) is 28.5 Å². The Morgan fingerprint density at radius 1 is 1.24 bits per heavy atom. The molecule has 90 valence electrons. The average molecular weight is 249 g/mol. The van der Waals surface area contributed by atoms with E-state index in [1.54, 1.807) is 23.7 Å². The van der Waals surface area contributed by atoms with Gasteiger partial charge in [-0.05, 0) is 6.92 Å². The monoisotopic (exact) mass is 249 g/mol. The second-order valence-corrected chi connectivity index (χ2v) is 4.64. The molecule has 0 unspecified atom stereocenters. The molecular weight excluding hydrogens is 234 g/mol. The SMILES string of the molecule is CNc1cncc(NCCc2csc(C)n2)n1. The van der Waals surface area contributed by atoms with Gasteiger partial charge in [0.25, 0.3) is 0 Å². The maximum atomic E-state index is 4.41. The predicted octanol–water partition coefficient (Wildman–Crippen LogP) is 1.94. The second kappa shape index (κ2) is 5.58. The molecule has 6 heteroatoms. The van der Waals surface area contributed by atoms with Crippen LogP contribution in [0.2, 0.25) is 0 Å². The van der Waals surface area contributed by atoms with E-state index in [2.05, 4.69) is 31.0 Å². The van der Waals surface area contributed by atoms with Crippen molar-refractivity contribution in [2.24, 2.45) is 0 Å². The summed E-state index contributed by atoms with van der Waals surface area (Å²) in [5.74, 6) is 1.54. The highest BCUT2D eigenvalue weighted by Gasteiger charge is 1.99. The Morgan fingerprint density at radius 3 is 2.76 bits per heavy atom. The lowest BCUT2D eigenvalue weighted by atomic mass is 10.3. The quantitative estimate of drug-likeness (QED) is 0.848. The molecule has 0 bridgehead atoms. The first-order valence-corrected chi connectivity index (χ1v) is 6.30. The summed E-state index contributed by atoms with van der Waals surface area (Å²) < 4.78 is 0. The Hall–Kier alpha value is -1.69. The molecule has 2 N–H and O–H groups in total. The average Bonchev–Trinajstić information content (AvgIpc) is 2.75. The Morgan fingerprint density at radius 2 is 2.06 bits per heavy atom. The van der Waals surface area contributed by atoms with Crippen LogP contribution in [-0.2, 0) is 6.42 Å². The molecule has 2 aromatic heterocycles. The molecule has 0 aliphatic rings. The van der Waals surface area contributed by atoms with Gasteiger partial charge in [-0.25, -0.2) is 9.97 Å². The molecule has 2 rings (SSSR count). The Bertz CT molecular complexity index is 482. The molecule has 0 amide bonds. The first-order valence-electron chi connectivity index (χ1n) is 5.42. The van der Waals surface area contributed by atoms with Gasteiger partial charge in [0, 0.05) is 25.4 Å². The maximum absolute atomic E-state index is 4.41. The summed E-state index contributed by atoms with van der Waals surface area (Å²) in [7, 11) is 1.83. The third-order valence-corrected chi connectivity index (χ3v) is 3.07. The van der Waals surface area contributed by atoms with Crippen LogP contribution in [0.15, 0.2) is 17.8 Å². The van der Waals surface area contributed by atoms with E-state index in [9.17, 15) is 0 Å². The number of hydrogen-bond donors (Lipinski definition) is 2. The van der Waals surface area contributed by atoms with Gasteiger partial charge in [0.05, 0.1) is 23.1 Å². The predicted molar refractivity (Wildman–Crippen MR) is 70.6 cm³/mol. The van der Waals surface area contributed by atoms with Gasteiger partial charge < -0.3 is 10.6 Å². The van der Waals surface area contributed by atoms with E-state index in [1.807, 2.05) is 14.0 Å².